The summed E-state index contributed by atoms with van der Waals surface area (Å²) in [5.74, 6) is 0. The topological polar surface area (TPSA) is 29.9 Å². The van der Waals surface area contributed by atoms with Crippen LogP contribution in [0.5, 0.6) is 0 Å². The van der Waals surface area contributed by atoms with E-state index in [9.17, 15) is 0 Å². The van der Waals surface area contributed by atoms with Gasteiger partial charge in [0.1, 0.15) is 0 Å². The Hall–Kier alpha value is -2.29. The SMILES string of the molecule is Cn1ncc2c1CCCC2Nc1ccc2ccccc2c1. The molecule has 1 aromatic heterocycles. The Labute approximate surface area is 124 Å². The van der Waals surface area contributed by atoms with Gasteiger partial charge in [0.15, 0.2) is 0 Å². The molecule has 2 aromatic carbocycles. The Balaban J connectivity index is 1.66. The standard InChI is InChI=1S/C18H19N3/c1-21-18-8-4-7-17(16(18)12-19-21)20-15-10-9-13-5-2-3-6-14(13)11-15/h2-3,5-6,9-12,17,20H,4,7-8H2,1H3. The second-order valence-corrected chi connectivity index (χ2v) is 5.82. The molecule has 21 heavy (non-hydrogen) atoms. The van der Waals surface area contributed by atoms with E-state index in [0.29, 0.717) is 6.04 Å². The van der Waals surface area contributed by atoms with Crippen molar-refractivity contribution in [3.05, 3.63) is 59.9 Å². The van der Waals surface area contributed by atoms with Gasteiger partial charge in [-0.05, 0) is 42.2 Å². The normalized spacial score (nSPS) is 17.7. The fourth-order valence-corrected chi connectivity index (χ4v) is 3.34. The Morgan fingerprint density at radius 3 is 2.90 bits per heavy atom. The van der Waals surface area contributed by atoms with Crippen molar-refractivity contribution in [2.45, 2.75) is 25.3 Å². The maximum Gasteiger partial charge on any atom is 0.0547 e. The molecule has 0 spiro atoms. The van der Waals surface area contributed by atoms with Crippen LogP contribution in [-0.4, -0.2) is 9.78 Å². The first-order valence-electron chi connectivity index (χ1n) is 7.57. The highest BCUT2D eigenvalue weighted by molar-refractivity contribution is 5.85. The molecule has 1 aliphatic rings. The van der Waals surface area contributed by atoms with E-state index in [0.717, 1.165) is 6.42 Å². The van der Waals surface area contributed by atoms with E-state index in [1.165, 1.54) is 40.6 Å². The molecule has 1 atom stereocenters. The summed E-state index contributed by atoms with van der Waals surface area (Å²) >= 11 is 0. The third kappa shape index (κ3) is 2.19. The number of aryl methyl sites for hydroxylation is 1. The average Bonchev–Trinajstić information content (AvgIpc) is 2.90. The number of hydrogen-bond donors (Lipinski definition) is 1. The second-order valence-electron chi connectivity index (χ2n) is 5.82. The van der Waals surface area contributed by atoms with Crippen LogP contribution >= 0.6 is 0 Å². The molecule has 0 fully saturated rings. The molecule has 106 valence electrons. The van der Waals surface area contributed by atoms with Crippen LogP contribution in [0.25, 0.3) is 10.8 Å². The number of anilines is 1. The first-order valence-corrected chi connectivity index (χ1v) is 7.57. The highest BCUT2D eigenvalue weighted by Crippen LogP contribution is 2.32. The Morgan fingerprint density at radius 1 is 1.14 bits per heavy atom. The molecule has 0 bridgehead atoms. The number of rotatable bonds is 2. The lowest BCUT2D eigenvalue weighted by Gasteiger charge is -2.25. The van der Waals surface area contributed by atoms with Crippen molar-refractivity contribution in [3.63, 3.8) is 0 Å². The molecule has 3 heteroatoms. The van der Waals surface area contributed by atoms with E-state index in [1.807, 2.05) is 17.9 Å². The molecule has 1 heterocycles. The van der Waals surface area contributed by atoms with Gasteiger partial charge in [-0.2, -0.15) is 5.10 Å². The fraction of sp³-hybridized carbons (Fsp3) is 0.278. The predicted octanol–water partition coefficient (Wildman–Crippen LogP) is 4.06. The van der Waals surface area contributed by atoms with Crippen molar-refractivity contribution < 1.29 is 0 Å². The van der Waals surface area contributed by atoms with E-state index in [1.54, 1.807) is 0 Å². The lowest BCUT2D eigenvalue weighted by molar-refractivity contribution is 0.571. The van der Waals surface area contributed by atoms with Crippen LogP contribution in [0.2, 0.25) is 0 Å². The van der Waals surface area contributed by atoms with Gasteiger partial charge in [-0.1, -0.05) is 30.3 Å². The second kappa shape index (κ2) is 4.92. The number of benzene rings is 2. The third-order valence-corrected chi connectivity index (χ3v) is 4.47. The lowest BCUT2D eigenvalue weighted by atomic mass is 9.92. The summed E-state index contributed by atoms with van der Waals surface area (Å²) in [4.78, 5) is 0. The van der Waals surface area contributed by atoms with E-state index < -0.39 is 0 Å². The summed E-state index contributed by atoms with van der Waals surface area (Å²) in [6, 6.07) is 15.5. The van der Waals surface area contributed by atoms with E-state index >= 15 is 0 Å². The van der Waals surface area contributed by atoms with Gasteiger partial charge in [0.05, 0.1) is 12.2 Å². The third-order valence-electron chi connectivity index (χ3n) is 4.47. The number of nitrogens with zero attached hydrogens (tertiary/aromatic N) is 2. The highest BCUT2D eigenvalue weighted by atomic mass is 15.3. The van der Waals surface area contributed by atoms with Crippen LogP contribution in [0.4, 0.5) is 5.69 Å². The first kappa shape index (κ1) is 12.5. The van der Waals surface area contributed by atoms with Crippen LogP contribution < -0.4 is 5.32 Å². The van der Waals surface area contributed by atoms with Crippen molar-refractivity contribution in [2.24, 2.45) is 7.05 Å². The summed E-state index contributed by atoms with van der Waals surface area (Å²) < 4.78 is 2.02. The highest BCUT2D eigenvalue weighted by Gasteiger charge is 2.23. The monoisotopic (exact) mass is 277 g/mol. The summed E-state index contributed by atoms with van der Waals surface area (Å²) in [5, 5.41) is 10.7. The van der Waals surface area contributed by atoms with Gasteiger partial charge in [-0.15, -0.1) is 0 Å². The molecule has 0 saturated carbocycles. The minimum Gasteiger partial charge on any atom is -0.378 e. The summed E-state index contributed by atoms with van der Waals surface area (Å²) in [6.45, 7) is 0. The summed E-state index contributed by atoms with van der Waals surface area (Å²) in [5.41, 5.74) is 3.92. The zero-order valence-electron chi connectivity index (χ0n) is 12.2. The maximum atomic E-state index is 4.42. The summed E-state index contributed by atoms with van der Waals surface area (Å²) in [7, 11) is 2.04. The summed E-state index contributed by atoms with van der Waals surface area (Å²) in [6.07, 6.45) is 5.55. The Kier molecular flexibility index (Phi) is 2.92. The molecule has 0 amide bonds. The van der Waals surface area contributed by atoms with Gasteiger partial charge < -0.3 is 5.32 Å². The quantitative estimate of drug-likeness (QED) is 0.765. The van der Waals surface area contributed by atoms with E-state index in [4.69, 9.17) is 0 Å². The van der Waals surface area contributed by atoms with Crippen LogP contribution in [0, 0.1) is 0 Å². The van der Waals surface area contributed by atoms with Crippen LogP contribution in [-0.2, 0) is 13.5 Å². The fourth-order valence-electron chi connectivity index (χ4n) is 3.34. The van der Waals surface area contributed by atoms with E-state index in [-0.39, 0.29) is 0 Å². The molecule has 3 aromatic rings. The molecule has 4 rings (SSSR count). The Bertz CT molecular complexity index is 788. The van der Waals surface area contributed by atoms with Gasteiger partial charge in [-0.25, -0.2) is 0 Å². The average molecular weight is 277 g/mol. The molecule has 1 N–H and O–H groups in total. The Morgan fingerprint density at radius 2 is 2.00 bits per heavy atom. The van der Waals surface area contributed by atoms with Gasteiger partial charge in [0.2, 0.25) is 0 Å². The zero-order valence-corrected chi connectivity index (χ0v) is 12.2. The molecule has 0 saturated heterocycles. The molecule has 1 unspecified atom stereocenters. The number of nitrogens with one attached hydrogen (secondary N) is 1. The molecule has 0 aliphatic heterocycles. The first-order chi connectivity index (χ1) is 10.3. The number of hydrogen-bond acceptors (Lipinski definition) is 2. The van der Waals surface area contributed by atoms with Crippen molar-refractivity contribution in [1.29, 1.82) is 0 Å². The molecule has 1 aliphatic carbocycles. The maximum absolute atomic E-state index is 4.42. The largest absolute Gasteiger partial charge is 0.378 e. The van der Waals surface area contributed by atoms with Gasteiger partial charge >= 0.3 is 0 Å². The number of aromatic nitrogens is 2. The molecule has 0 radical (unpaired) electrons. The van der Waals surface area contributed by atoms with Crippen molar-refractivity contribution in [1.82, 2.24) is 9.78 Å². The smallest absolute Gasteiger partial charge is 0.0547 e. The minimum absolute atomic E-state index is 0.378. The predicted molar refractivity (Wildman–Crippen MR) is 86.5 cm³/mol. The number of fused-ring (bicyclic) bond motifs is 2. The lowest BCUT2D eigenvalue weighted by Crippen LogP contribution is -2.17. The van der Waals surface area contributed by atoms with Crippen LogP contribution in [0.1, 0.15) is 30.1 Å². The zero-order chi connectivity index (χ0) is 14.2. The molecule has 3 nitrogen and oxygen atoms in total. The van der Waals surface area contributed by atoms with Gasteiger partial charge in [0, 0.05) is 24.0 Å². The van der Waals surface area contributed by atoms with Crippen molar-refractivity contribution in [3.8, 4) is 0 Å². The van der Waals surface area contributed by atoms with Crippen LogP contribution in [0.15, 0.2) is 48.7 Å². The van der Waals surface area contributed by atoms with Crippen molar-refractivity contribution >= 4 is 16.5 Å². The minimum atomic E-state index is 0.378. The van der Waals surface area contributed by atoms with Crippen LogP contribution in [0.3, 0.4) is 0 Å². The van der Waals surface area contributed by atoms with E-state index in [2.05, 4.69) is 52.9 Å². The van der Waals surface area contributed by atoms with Gasteiger partial charge in [0.25, 0.3) is 0 Å². The molecular formula is C18H19N3. The molecular weight excluding hydrogens is 258 g/mol. The van der Waals surface area contributed by atoms with Gasteiger partial charge in [-0.3, -0.25) is 4.68 Å². The van der Waals surface area contributed by atoms with Crippen molar-refractivity contribution in [2.75, 3.05) is 5.32 Å².